The predicted molar refractivity (Wildman–Crippen MR) is 106 cm³/mol. The van der Waals surface area contributed by atoms with Gasteiger partial charge in [0.25, 0.3) is 5.91 Å². The Kier molecular flexibility index (Phi) is 4.96. The van der Waals surface area contributed by atoms with Gasteiger partial charge in [-0.15, -0.1) is 0 Å². The SMILES string of the molecule is CCCc1cc(C(=O)N2CCN(c3ncnc4ccccc34)CC2)ccn1. The van der Waals surface area contributed by atoms with Crippen LogP contribution in [-0.2, 0) is 6.42 Å². The summed E-state index contributed by atoms with van der Waals surface area (Å²) in [4.78, 5) is 30.2. The number of piperazine rings is 1. The number of fused-ring (bicyclic) bond motifs is 1. The molecule has 6 nitrogen and oxygen atoms in total. The Morgan fingerprint density at radius 3 is 2.67 bits per heavy atom. The van der Waals surface area contributed by atoms with Gasteiger partial charge in [0.05, 0.1) is 5.52 Å². The number of rotatable bonds is 4. The first-order valence-electron chi connectivity index (χ1n) is 9.45. The number of amides is 1. The van der Waals surface area contributed by atoms with Gasteiger partial charge in [-0.25, -0.2) is 9.97 Å². The zero-order valence-electron chi connectivity index (χ0n) is 15.5. The largest absolute Gasteiger partial charge is 0.352 e. The monoisotopic (exact) mass is 361 g/mol. The minimum Gasteiger partial charge on any atom is -0.352 e. The van der Waals surface area contributed by atoms with Gasteiger partial charge in [0, 0.05) is 49.0 Å². The second kappa shape index (κ2) is 7.70. The topological polar surface area (TPSA) is 62.2 Å². The van der Waals surface area contributed by atoms with Crippen LogP contribution < -0.4 is 4.90 Å². The third kappa shape index (κ3) is 3.60. The summed E-state index contributed by atoms with van der Waals surface area (Å²) >= 11 is 0. The van der Waals surface area contributed by atoms with Crippen molar-refractivity contribution in [2.24, 2.45) is 0 Å². The number of carbonyl (C=O) groups is 1. The zero-order valence-corrected chi connectivity index (χ0v) is 15.5. The van der Waals surface area contributed by atoms with E-state index in [0.717, 1.165) is 53.9 Å². The third-order valence-electron chi connectivity index (χ3n) is 4.96. The van der Waals surface area contributed by atoms with Crippen LogP contribution >= 0.6 is 0 Å². The molecule has 0 saturated carbocycles. The maximum absolute atomic E-state index is 12.9. The average molecular weight is 361 g/mol. The third-order valence-corrected chi connectivity index (χ3v) is 4.96. The van der Waals surface area contributed by atoms with Crippen LogP contribution in [0.3, 0.4) is 0 Å². The number of hydrogen-bond donors (Lipinski definition) is 0. The maximum atomic E-state index is 12.9. The van der Waals surface area contributed by atoms with E-state index in [1.807, 2.05) is 35.2 Å². The normalized spacial score (nSPS) is 14.6. The summed E-state index contributed by atoms with van der Waals surface area (Å²) in [6.45, 7) is 5.01. The van der Waals surface area contributed by atoms with E-state index in [1.54, 1.807) is 12.5 Å². The van der Waals surface area contributed by atoms with Gasteiger partial charge in [0.15, 0.2) is 0 Å². The van der Waals surface area contributed by atoms with Crippen LogP contribution in [0.15, 0.2) is 48.9 Å². The van der Waals surface area contributed by atoms with Crippen LogP contribution in [0.25, 0.3) is 10.9 Å². The highest BCUT2D eigenvalue weighted by Crippen LogP contribution is 2.23. The molecule has 0 N–H and O–H groups in total. The molecular formula is C21H23N5O. The Morgan fingerprint density at radius 2 is 1.85 bits per heavy atom. The minimum absolute atomic E-state index is 0.0851. The molecule has 0 aliphatic carbocycles. The molecule has 6 heteroatoms. The lowest BCUT2D eigenvalue weighted by molar-refractivity contribution is 0.0746. The molecule has 0 radical (unpaired) electrons. The van der Waals surface area contributed by atoms with Gasteiger partial charge < -0.3 is 9.80 Å². The Labute approximate surface area is 158 Å². The summed E-state index contributed by atoms with van der Waals surface area (Å²) in [5, 5.41) is 1.05. The first kappa shape index (κ1) is 17.4. The molecule has 3 heterocycles. The highest BCUT2D eigenvalue weighted by molar-refractivity contribution is 5.94. The number of para-hydroxylation sites is 1. The van der Waals surface area contributed by atoms with Crippen LogP contribution in [0.2, 0.25) is 0 Å². The molecule has 0 unspecified atom stereocenters. The number of nitrogens with zero attached hydrogens (tertiary/aromatic N) is 5. The van der Waals surface area contributed by atoms with Crippen molar-refractivity contribution in [1.29, 1.82) is 0 Å². The molecule has 1 amide bonds. The van der Waals surface area contributed by atoms with E-state index in [1.165, 1.54) is 0 Å². The molecule has 27 heavy (non-hydrogen) atoms. The Balaban J connectivity index is 1.47. The summed E-state index contributed by atoms with van der Waals surface area (Å²) < 4.78 is 0. The van der Waals surface area contributed by atoms with E-state index >= 15 is 0 Å². The molecular weight excluding hydrogens is 338 g/mol. The summed E-state index contributed by atoms with van der Waals surface area (Å²) in [6.07, 6.45) is 5.27. The van der Waals surface area contributed by atoms with Crippen LogP contribution in [-0.4, -0.2) is 51.9 Å². The van der Waals surface area contributed by atoms with E-state index in [2.05, 4.69) is 32.8 Å². The van der Waals surface area contributed by atoms with Gasteiger partial charge in [-0.2, -0.15) is 0 Å². The first-order valence-corrected chi connectivity index (χ1v) is 9.45. The van der Waals surface area contributed by atoms with Crippen LogP contribution in [0, 0.1) is 0 Å². The Morgan fingerprint density at radius 1 is 1.04 bits per heavy atom. The molecule has 138 valence electrons. The van der Waals surface area contributed by atoms with Crippen molar-refractivity contribution >= 4 is 22.6 Å². The lowest BCUT2D eigenvalue weighted by atomic mass is 10.1. The predicted octanol–water partition coefficient (Wildman–Crippen LogP) is 2.94. The molecule has 1 aliphatic rings. The number of hydrogen-bond acceptors (Lipinski definition) is 5. The van der Waals surface area contributed by atoms with E-state index in [-0.39, 0.29) is 5.91 Å². The lowest BCUT2D eigenvalue weighted by Crippen LogP contribution is -2.49. The van der Waals surface area contributed by atoms with Gasteiger partial charge in [-0.1, -0.05) is 25.5 Å². The fraction of sp³-hybridized carbons (Fsp3) is 0.333. The molecule has 4 rings (SSSR count). The van der Waals surface area contributed by atoms with Crippen molar-refractivity contribution < 1.29 is 4.79 Å². The summed E-state index contributed by atoms with van der Waals surface area (Å²) in [5.41, 5.74) is 2.66. The van der Waals surface area contributed by atoms with Crippen molar-refractivity contribution in [1.82, 2.24) is 19.9 Å². The van der Waals surface area contributed by atoms with Gasteiger partial charge >= 0.3 is 0 Å². The molecule has 2 aromatic heterocycles. The van der Waals surface area contributed by atoms with E-state index in [4.69, 9.17) is 0 Å². The average Bonchev–Trinajstić information content (AvgIpc) is 2.73. The number of benzene rings is 1. The van der Waals surface area contributed by atoms with Crippen molar-refractivity contribution in [2.75, 3.05) is 31.1 Å². The molecule has 1 fully saturated rings. The van der Waals surface area contributed by atoms with Gasteiger partial charge in [0.1, 0.15) is 12.1 Å². The molecule has 1 aliphatic heterocycles. The van der Waals surface area contributed by atoms with E-state index in [9.17, 15) is 4.79 Å². The molecule has 0 atom stereocenters. The number of aromatic nitrogens is 3. The maximum Gasteiger partial charge on any atom is 0.254 e. The number of carbonyl (C=O) groups excluding carboxylic acids is 1. The number of anilines is 1. The highest BCUT2D eigenvalue weighted by atomic mass is 16.2. The molecule has 0 bridgehead atoms. The summed E-state index contributed by atoms with van der Waals surface area (Å²) in [5.74, 6) is 1.03. The van der Waals surface area contributed by atoms with Crippen LogP contribution in [0.1, 0.15) is 29.4 Å². The van der Waals surface area contributed by atoms with Gasteiger partial charge in [0.2, 0.25) is 0 Å². The molecule has 1 saturated heterocycles. The van der Waals surface area contributed by atoms with Crippen LogP contribution in [0.4, 0.5) is 5.82 Å². The van der Waals surface area contributed by atoms with E-state index in [0.29, 0.717) is 13.1 Å². The van der Waals surface area contributed by atoms with Gasteiger partial charge in [-0.05, 0) is 30.7 Å². The molecule has 3 aromatic rings. The number of aryl methyl sites for hydroxylation is 1. The fourth-order valence-corrected chi connectivity index (χ4v) is 3.55. The summed E-state index contributed by atoms with van der Waals surface area (Å²) in [6, 6.07) is 11.8. The fourth-order valence-electron chi connectivity index (χ4n) is 3.55. The number of pyridine rings is 1. The minimum atomic E-state index is 0.0851. The Bertz CT molecular complexity index is 945. The first-order chi connectivity index (χ1) is 13.3. The lowest BCUT2D eigenvalue weighted by Gasteiger charge is -2.35. The van der Waals surface area contributed by atoms with Crippen LogP contribution in [0.5, 0.6) is 0 Å². The highest BCUT2D eigenvalue weighted by Gasteiger charge is 2.24. The Hall–Kier alpha value is -3.02. The molecule has 1 aromatic carbocycles. The standard InChI is InChI=1S/C21H23N5O/c1-2-5-17-14-16(8-9-22-17)21(27)26-12-10-25(11-13-26)20-18-6-3-4-7-19(18)23-15-24-20/h3-4,6-9,14-15H,2,5,10-13H2,1H3. The van der Waals surface area contributed by atoms with Crippen molar-refractivity contribution in [3.63, 3.8) is 0 Å². The molecule has 0 spiro atoms. The van der Waals surface area contributed by atoms with Crippen molar-refractivity contribution in [3.8, 4) is 0 Å². The quantitative estimate of drug-likeness (QED) is 0.715. The van der Waals surface area contributed by atoms with Crippen molar-refractivity contribution in [2.45, 2.75) is 19.8 Å². The smallest absolute Gasteiger partial charge is 0.254 e. The van der Waals surface area contributed by atoms with Crippen molar-refractivity contribution in [3.05, 3.63) is 60.2 Å². The van der Waals surface area contributed by atoms with E-state index < -0.39 is 0 Å². The zero-order chi connectivity index (χ0) is 18.6. The van der Waals surface area contributed by atoms with Gasteiger partial charge in [-0.3, -0.25) is 9.78 Å². The summed E-state index contributed by atoms with van der Waals surface area (Å²) in [7, 11) is 0. The second-order valence-corrected chi connectivity index (χ2v) is 6.78. The second-order valence-electron chi connectivity index (χ2n) is 6.78.